The second-order valence-electron chi connectivity index (χ2n) is 4.26. The van der Waals surface area contributed by atoms with E-state index in [0.29, 0.717) is 5.69 Å². The van der Waals surface area contributed by atoms with Crippen LogP contribution in [0.2, 0.25) is 0 Å². The molecule has 0 aromatic carbocycles. The molecular formula is C11H14F3NO2S. The van der Waals surface area contributed by atoms with E-state index in [0.717, 1.165) is 11.3 Å². The maximum atomic E-state index is 12.2. The van der Waals surface area contributed by atoms with Gasteiger partial charge in [-0.1, -0.05) is 0 Å². The fraction of sp³-hybridized carbons (Fsp3) is 0.636. The number of esters is 1. The van der Waals surface area contributed by atoms with Gasteiger partial charge in [0.15, 0.2) is 0 Å². The van der Waals surface area contributed by atoms with Crippen molar-refractivity contribution < 1.29 is 22.7 Å². The summed E-state index contributed by atoms with van der Waals surface area (Å²) in [5.74, 6) is -0.492. The van der Waals surface area contributed by atoms with Crippen molar-refractivity contribution in [2.24, 2.45) is 0 Å². The minimum absolute atomic E-state index is 0.0464. The number of alkyl halides is 3. The van der Waals surface area contributed by atoms with Crippen LogP contribution in [0.15, 0.2) is 5.38 Å². The third kappa shape index (κ3) is 3.69. The molecule has 3 nitrogen and oxygen atoms in total. The second kappa shape index (κ2) is 5.26. The van der Waals surface area contributed by atoms with Crippen LogP contribution in [0.5, 0.6) is 0 Å². The van der Waals surface area contributed by atoms with Crippen LogP contribution in [0, 0.1) is 0 Å². The average molecular weight is 281 g/mol. The second-order valence-corrected chi connectivity index (χ2v) is 5.21. The summed E-state index contributed by atoms with van der Waals surface area (Å²) in [6.45, 7) is 5.06. The van der Waals surface area contributed by atoms with Crippen LogP contribution in [0.4, 0.5) is 13.2 Å². The largest absolute Gasteiger partial charge is 0.465 e. The highest BCUT2D eigenvalue weighted by molar-refractivity contribution is 7.09. The molecule has 0 fully saturated rings. The van der Waals surface area contributed by atoms with E-state index >= 15 is 0 Å². The zero-order chi connectivity index (χ0) is 14.0. The monoisotopic (exact) mass is 281 g/mol. The minimum Gasteiger partial charge on any atom is -0.465 e. The van der Waals surface area contributed by atoms with Crippen LogP contribution in [0.3, 0.4) is 0 Å². The Balaban J connectivity index is 2.88. The Bertz CT molecular complexity index is 426. The Hall–Kier alpha value is -1.11. The molecule has 1 heterocycles. The molecule has 102 valence electrons. The number of hydrogen-bond acceptors (Lipinski definition) is 4. The Morgan fingerprint density at radius 2 is 2.06 bits per heavy atom. The molecule has 0 atom stereocenters. The molecule has 0 saturated heterocycles. The molecule has 1 aromatic rings. The van der Waals surface area contributed by atoms with E-state index < -0.39 is 24.0 Å². The molecule has 0 N–H and O–H groups in total. The van der Waals surface area contributed by atoms with Gasteiger partial charge in [0.2, 0.25) is 0 Å². The molecule has 0 spiro atoms. The predicted molar refractivity (Wildman–Crippen MR) is 61.5 cm³/mol. The van der Waals surface area contributed by atoms with E-state index in [1.54, 1.807) is 20.8 Å². The number of aromatic nitrogens is 1. The normalized spacial score (nSPS) is 12.6. The van der Waals surface area contributed by atoms with Gasteiger partial charge in [0, 0.05) is 5.38 Å². The molecule has 0 aliphatic carbocycles. The van der Waals surface area contributed by atoms with Gasteiger partial charge in [-0.2, -0.15) is 13.2 Å². The Kier molecular flexibility index (Phi) is 4.37. The van der Waals surface area contributed by atoms with Crippen LogP contribution >= 0.6 is 11.3 Å². The first-order valence-corrected chi connectivity index (χ1v) is 6.23. The minimum atomic E-state index is -4.29. The molecule has 18 heavy (non-hydrogen) atoms. The van der Waals surface area contributed by atoms with Crippen molar-refractivity contribution in [2.45, 2.75) is 38.8 Å². The molecule has 0 bridgehead atoms. The number of carbonyl (C=O) groups excluding carboxylic acids is 1. The first-order valence-electron chi connectivity index (χ1n) is 5.35. The highest BCUT2D eigenvalue weighted by Gasteiger charge is 2.35. The summed E-state index contributed by atoms with van der Waals surface area (Å²) in [4.78, 5) is 15.5. The maximum absolute atomic E-state index is 12.2. The van der Waals surface area contributed by atoms with E-state index in [1.165, 1.54) is 5.38 Å². The molecular weight excluding hydrogens is 267 g/mol. The Morgan fingerprint density at radius 3 is 2.56 bits per heavy atom. The number of nitrogens with zero attached hydrogens (tertiary/aromatic N) is 1. The van der Waals surface area contributed by atoms with Crippen molar-refractivity contribution in [3.8, 4) is 0 Å². The first-order chi connectivity index (χ1) is 8.16. The highest BCUT2D eigenvalue weighted by atomic mass is 32.1. The summed E-state index contributed by atoms with van der Waals surface area (Å²) in [5.41, 5.74) is -0.721. The van der Waals surface area contributed by atoms with Crippen LogP contribution in [0.1, 0.15) is 31.5 Å². The van der Waals surface area contributed by atoms with Gasteiger partial charge in [0.25, 0.3) is 0 Å². The van der Waals surface area contributed by atoms with Crippen LogP contribution in [-0.4, -0.2) is 23.7 Å². The number of ether oxygens (including phenoxy) is 1. The van der Waals surface area contributed by atoms with Crippen molar-refractivity contribution in [1.29, 1.82) is 0 Å². The quantitative estimate of drug-likeness (QED) is 0.796. The molecule has 0 saturated carbocycles. The number of rotatable bonds is 4. The number of thiazole rings is 1. The van der Waals surface area contributed by atoms with Crippen molar-refractivity contribution in [2.75, 3.05) is 6.61 Å². The van der Waals surface area contributed by atoms with E-state index in [-0.39, 0.29) is 11.6 Å². The third-order valence-corrected chi connectivity index (χ3v) is 3.18. The summed E-state index contributed by atoms with van der Waals surface area (Å²) in [5, 5.41) is 1.42. The van der Waals surface area contributed by atoms with Gasteiger partial charge in [-0.15, -0.1) is 11.3 Å². The molecule has 0 unspecified atom stereocenters. The van der Waals surface area contributed by atoms with Crippen molar-refractivity contribution in [3.05, 3.63) is 16.1 Å². The number of carbonyl (C=O) groups is 1. The van der Waals surface area contributed by atoms with Crippen LogP contribution in [0.25, 0.3) is 0 Å². The SMILES string of the molecule is CCOC(=O)C(C)(C)c1csc(CC(F)(F)F)n1. The lowest BCUT2D eigenvalue weighted by atomic mass is 9.90. The Morgan fingerprint density at radius 1 is 1.44 bits per heavy atom. The zero-order valence-electron chi connectivity index (χ0n) is 10.3. The van der Waals surface area contributed by atoms with E-state index in [9.17, 15) is 18.0 Å². The van der Waals surface area contributed by atoms with E-state index in [1.807, 2.05) is 0 Å². The fourth-order valence-corrected chi connectivity index (χ4v) is 2.26. The summed E-state index contributed by atoms with van der Waals surface area (Å²) in [6.07, 6.45) is -5.36. The first kappa shape index (κ1) is 14.9. The smallest absolute Gasteiger partial charge is 0.395 e. The van der Waals surface area contributed by atoms with Crippen molar-refractivity contribution >= 4 is 17.3 Å². The van der Waals surface area contributed by atoms with E-state index in [2.05, 4.69) is 4.98 Å². The summed E-state index contributed by atoms with van der Waals surface area (Å²) >= 11 is 0.900. The van der Waals surface area contributed by atoms with Gasteiger partial charge in [0.05, 0.1) is 18.7 Å². The van der Waals surface area contributed by atoms with Gasteiger partial charge in [-0.05, 0) is 20.8 Å². The van der Waals surface area contributed by atoms with Crippen LogP contribution in [-0.2, 0) is 21.4 Å². The number of hydrogen-bond donors (Lipinski definition) is 0. The lowest BCUT2D eigenvalue weighted by molar-refractivity contribution is -0.148. The standard InChI is InChI=1S/C11H14F3NO2S/c1-4-17-9(16)10(2,3)7-6-18-8(15-7)5-11(12,13)14/h6H,4-5H2,1-3H3. The predicted octanol–water partition coefficient (Wildman–Crippen LogP) is 3.09. The molecule has 0 aliphatic rings. The average Bonchev–Trinajstić information content (AvgIpc) is 2.64. The Labute approximate surface area is 107 Å². The molecule has 1 aromatic heterocycles. The number of halogens is 3. The third-order valence-electron chi connectivity index (χ3n) is 2.33. The molecule has 1 rings (SSSR count). The molecule has 0 aliphatic heterocycles. The van der Waals surface area contributed by atoms with Gasteiger partial charge >= 0.3 is 12.1 Å². The summed E-state index contributed by atoms with van der Waals surface area (Å²) < 4.78 is 41.5. The summed E-state index contributed by atoms with van der Waals surface area (Å²) in [7, 11) is 0. The van der Waals surface area contributed by atoms with Crippen molar-refractivity contribution in [1.82, 2.24) is 4.98 Å². The van der Waals surface area contributed by atoms with Gasteiger partial charge < -0.3 is 4.74 Å². The lowest BCUT2D eigenvalue weighted by Crippen LogP contribution is -2.31. The van der Waals surface area contributed by atoms with Crippen molar-refractivity contribution in [3.63, 3.8) is 0 Å². The molecule has 0 amide bonds. The highest BCUT2D eigenvalue weighted by Crippen LogP contribution is 2.29. The van der Waals surface area contributed by atoms with Gasteiger partial charge in [-0.3, -0.25) is 4.79 Å². The van der Waals surface area contributed by atoms with Gasteiger partial charge in [0.1, 0.15) is 10.4 Å². The molecule has 7 heteroatoms. The lowest BCUT2D eigenvalue weighted by Gasteiger charge is -2.19. The maximum Gasteiger partial charge on any atom is 0.395 e. The van der Waals surface area contributed by atoms with Crippen LogP contribution < -0.4 is 0 Å². The topological polar surface area (TPSA) is 39.2 Å². The fourth-order valence-electron chi connectivity index (χ4n) is 1.27. The van der Waals surface area contributed by atoms with Gasteiger partial charge in [-0.25, -0.2) is 4.98 Å². The zero-order valence-corrected chi connectivity index (χ0v) is 11.1. The molecule has 0 radical (unpaired) electrons. The summed E-state index contributed by atoms with van der Waals surface area (Å²) in [6, 6.07) is 0. The van der Waals surface area contributed by atoms with E-state index in [4.69, 9.17) is 4.74 Å².